The molecule has 0 bridgehead atoms. The third-order valence-corrected chi connectivity index (χ3v) is 6.51. The molecule has 0 saturated heterocycles. The largest absolute Gasteiger partial charge is 0.481 e. The summed E-state index contributed by atoms with van der Waals surface area (Å²) >= 11 is 0. The van der Waals surface area contributed by atoms with Crippen LogP contribution in [-0.2, 0) is 11.0 Å². The van der Waals surface area contributed by atoms with Crippen molar-refractivity contribution in [2.75, 3.05) is 10.6 Å². The van der Waals surface area contributed by atoms with Crippen LogP contribution in [0, 0.1) is 11.8 Å². The molecule has 1 aliphatic carbocycles. The van der Waals surface area contributed by atoms with Gasteiger partial charge in [-0.05, 0) is 54.3 Å². The number of carboxylic acids is 1. The quantitative estimate of drug-likeness (QED) is 0.309. The number of halogens is 3. The van der Waals surface area contributed by atoms with Gasteiger partial charge in [-0.3, -0.25) is 9.59 Å². The lowest BCUT2D eigenvalue weighted by atomic mass is 9.75. The Morgan fingerprint density at radius 3 is 1.92 bits per heavy atom. The zero-order chi connectivity index (χ0) is 26.6. The minimum absolute atomic E-state index is 0.0153. The minimum Gasteiger partial charge on any atom is -0.481 e. The highest BCUT2D eigenvalue weighted by Gasteiger charge is 2.36. The molecule has 6 nitrogen and oxygen atoms in total. The van der Waals surface area contributed by atoms with E-state index in [1.165, 1.54) is 12.1 Å². The van der Waals surface area contributed by atoms with Gasteiger partial charge in [0.15, 0.2) is 5.78 Å². The number of hydrogen-bond acceptors (Lipinski definition) is 3. The fourth-order valence-corrected chi connectivity index (χ4v) is 4.59. The predicted octanol–water partition coefficient (Wildman–Crippen LogP) is 7.09. The summed E-state index contributed by atoms with van der Waals surface area (Å²) in [5, 5.41) is 14.4. The van der Waals surface area contributed by atoms with Gasteiger partial charge in [0.2, 0.25) is 0 Å². The number of alkyl halides is 3. The summed E-state index contributed by atoms with van der Waals surface area (Å²) in [5.74, 6) is -2.23. The third kappa shape index (κ3) is 6.35. The van der Waals surface area contributed by atoms with Gasteiger partial charge in [0.1, 0.15) is 0 Å². The highest BCUT2D eigenvalue weighted by atomic mass is 19.4. The molecule has 2 amide bonds. The van der Waals surface area contributed by atoms with Crippen molar-refractivity contribution in [1.82, 2.24) is 0 Å². The van der Waals surface area contributed by atoms with E-state index in [0.29, 0.717) is 24.1 Å². The summed E-state index contributed by atoms with van der Waals surface area (Å²) in [6.45, 7) is 0. The lowest BCUT2D eigenvalue weighted by Crippen LogP contribution is -2.32. The highest BCUT2D eigenvalue weighted by Crippen LogP contribution is 2.34. The van der Waals surface area contributed by atoms with Crippen LogP contribution in [0.1, 0.15) is 41.6 Å². The van der Waals surface area contributed by atoms with Crippen molar-refractivity contribution in [1.29, 1.82) is 0 Å². The van der Waals surface area contributed by atoms with Crippen LogP contribution in [0.25, 0.3) is 11.1 Å². The van der Waals surface area contributed by atoms with E-state index >= 15 is 0 Å². The Hall–Kier alpha value is -4.14. The summed E-state index contributed by atoms with van der Waals surface area (Å²) in [7, 11) is 0. The van der Waals surface area contributed by atoms with Crippen molar-refractivity contribution in [2.45, 2.75) is 31.9 Å². The molecule has 2 unspecified atom stereocenters. The molecule has 37 heavy (non-hydrogen) atoms. The van der Waals surface area contributed by atoms with Crippen molar-refractivity contribution >= 4 is 29.2 Å². The summed E-state index contributed by atoms with van der Waals surface area (Å²) in [4.78, 5) is 36.7. The van der Waals surface area contributed by atoms with Crippen molar-refractivity contribution < 1.29 is 32.7 Å². The number of amides is 2. The van der Waals surface area contributed by atoms with Gasteiger partial charge in [-0.1, -0.05) is 55.3 Å². The van der Waals surface area contributed by atoms with E-state index in [9.17, 15) is 32.7 Å². The van der Waals surface area contributed by atoms with Gasteiger partial charge in [-0.25, -0.2) is 4.79 Å². The first-order valence-electron chi connectivity index (χ1n) is 11.8. The first-order chi connectivity index (χ1) is 17.6. The average molecular weight is 511 g/mol. The van der Waals surface area contributed by atoms with Crippen LogP contribution in [0.15, 0.2) is 72.8 Å². The molecule has 1 saturated carbocycles. The van der Waals surface area contributed by atoms with E-state index < -0.39 is 35.6 Å². The van der Waals surface area contributed by atoms with E-state index in [1.807, 2.05) is 0 Å². The van der Waals surface area contributed by atoms with Gasteiger partial charge >= 0.3 is 18.2 Å². The molecule has 0 radical (unpaired) electrons. The molecule has 3 N–H and O–H groups in total. The van der Waals surface area contributed by atoms with Gasteiger partial charge in [-0.2, -0.15) is 13.2 Å². The van der Waals surface area contributed by atoms with E-state index in [4.69, 9.17) is 0 Å². The molecule has 3 aromatic rings. The van der Waals surface area contributed by atoms with Crippen LogP contribution >= 0.6 is 0 Å². The van der Waals surface area contributed by atoms with Crippen LogP contribution in [-0.4, -0.2) is 22.9 Å². The second-order valence-electron chi connectivity index (χ2n) is 9.01. The lowest BCUT2D eigenvalue weighted by Gasteiger charge is -2.27. The number of carbonyl (C=O) groups is 3. The molecule has 0 heterocycles. The molecular weight excluding hydrogens is 485 g/mol. The van der Waals surface area contributed by atoms with E-state index in [1.54, 1.807) is 48.5 Å². The number of carboxylic acid groups (broad SMARTS) is 1. The normalized spacial score (nSPS) is 17.6. The van der Waals surface area contributed by atoms with Gasteiger partial charge < -0.3 is 15.7 Å². The van der Waals surface area contributed by atoms with Gasteiger partial charge in [0.25, 0.3) is 0 Å². The molecule has 4 rings (SSSR count). The number of hydrogen-bond donors (Lipinski definition) is 3. The molecule has 192 valence electrons. The van der Waals surface area contributed by atoms with Crippen molar-refractivity contribution in [2.24, 2.45) is 11.8 Å². The number of nitrogens with one attached hydrogen (secondary N) is 2. The van der Waals surface area contributed by atoms with Crippen LogP contribution in [0.3, 0.4) is 0 Å². The number of urea groups is 1. The van der Waals surface area contributed by atoms with E-state index in [0.717, 1.165) is 36.1 Å². The number of anilines is 2. The Morgan fingerprint density at radius 1 is 0.757 bits per heavy atom. The number of Topliss-reactive ketones (excluding diaryl/α,β-unsaturated/α-hetero) is 1. The maximum absolute atomic E-state index is 12.9. The first-order valence-corrected chi connectivity index (χ1v) is 11.8. The molecule has 1 fully saturated rings. The van der Waals surface area contributed by atoms with Crippen LogP contribution in [0.4, 0.5) is 29.3 Å². The zero-order valence-electron chi connectivity index (χ0n) is 19.7. The van der Waals surface area contributed by atoms with Crippen LogP contribution < -0.4 is 10.6 Å². The third-order valence-electron chi connectivity index (χ3n) is 6.51. The zero-order valence-corrected chi connectivity index (χ0v) is 19.7. The Morgan fingerprint density at radius 2 is 1.32 bits per heavy atom. The number of benzene rings is 3. The van der Waals surface area contributed by atoms with Crippen molar-refractivity contribution in [3.8, 4) is 11.1 Å². The number of carbonyl (C=O) groups excluding carboxylic acids is 2. The topological polar surface area (TPSA) is 95.5 Å². The van der Waals surface area contributed by atoms with Gasteiger partial charge in [-0.15, -0.1) is 0 Å². The lowest BCUT2D eigenvalue weighted by molar-refractivity contribution is -0.144. The maximum Gasteiger partial charge on any atom is 0.416 e. The maximum atomic E-state index is 12.9. The van der Waals surface area contributed by atoms with Crippen molar-refractivity contribution in [3.05, 3.63) is 83.9 Å². The minimum atomic E-state index is -4.51. The van der Waals surface area contributed by atoms with Crippen LogP contribution in [0.2, 0.25) is 0 Å². The molecule has 1 aliphatic rings. The molecule has 2 atom stereocenters. The highest BCUT2D eigenvalue weighted by molar-refractivity contribution is 6.01. The summed E-state index contributed by atoms with van der Waals surface area (Å²) < 4.78 is 38.6. The van der Waals surface area contributed by atoms with E-state index in [2.05, 4.69) is 10.6 Å². The average Bonchev–Trinajstić information content (AvgIpc) is 2.88. The number of ketones is 1. The second-order valence-corrected chi connectivity index (χ2v) is 9.01. The molecule has 0 spiro atoms. The fourth-order valence-electron chi connectivity index (χ4n) is 4.59. The SMILES string of the molecule is O=C(Nc1ccc(-c2ccc(C(=O)C3CCCCC3C(=O)O)cc2)cc1)Nc1cccc(C(F)(F)F)c1. The smallest absolute Gasteiger partial charge is 0.416 e. The second kappa shape index (κ2) is 10.9. The van der Waals surface area contributed by atoms with Crippen LogP contribution in [0.5, 0.6) is 0 Å². The fraction of sp³-hybridized carbons (Fsp3) is 0.250. The predicted molar refractivity (Wildman–Crippen MR) is 133 cm³/mol. The molecule has 0 aromatic heterocycles. The molecule has 3 aromatic carbocycles. The summed E-state index contributed by atoms with van der Waals surface area (Å²) in [6, 6.07) is 17.5. The summed E-state index contributed by atoms with van der Waals surface area (Å²) in [6.07, 6.45) is -1.75. The Bertz CT molecular complexity index is 1290. The monoisotopic (exact) mass is 510 g/mol. The van der Waals surface area contributed by atoms with Gasteiger partial charge in [0, 0.05) is 22.9 Å². The Balaban J connectivity index is 1.38. The standard InChI is InChI=1S/C28H25F3N2O4/c29-28(30,31)20-4-3-5-22(16-20)33-27(37)32-21-14-12-18(13-15-21)17-8-10-19(11-9-17)25(34)23-6-1-2-7-24(23)26(35)36/h3-5,8-16,23-24H,1-2,6-7H2,(H,35,36)(H2,32,33,37). The van der Waals surface area contributed by atoms with Gasteiger partial charge in [0.05, 0.1) is 11.5 Å². The number of rotatable bonds is 6. The Kier molecular flexibility index (Phi) is 7.61. The Labute approximate surface area is 211 Å². The molecular formula is C28H25F3N2O4. The summed E-state index contributed by atoms with van der Waals surface area (Å²) in [5.41, 5.74) is 1.73. The molecule has 9 heteroatoms. The molecule has 0 aliphatic heterocycles. The number of aliphatic carboxylic acids is 1. The first kappa shape index (κ1) is 25.9. The van der Waals surface area contributed by atoms with E-state index in [-0.39, 0.29) is 11.5 Å². The van der Waals surface area contributed by atoms with Crippen molar-refractivity contribution in [3.63, 3.8) is 0 Å².